The van der Waals surface area contributed by atoms with Crippen LogP contribution in [0.4, 0.5) is 0 Å². The van der Waals surface area contributed by atoms with Crippen molar-refractivity contribution >= 4 is 0 Å². The fourth-order valence-electron chi connectivity index (χ4n) is 5.28. The molecule has 1 saturated carbocycles. The molecular formula is C18H22N2. The van der Waals surface area contributed by atoms with Crippen LogP contribution in [0, 0.1) is 17.2 Å². The Labute approximate surface area is 121 Å². The molecule has 4 rings (SSSR count). The number of hydrogen-bond donors (Lipinski definition) is 1. The zero-order valence-electron chi connectivity index (χ0n) is 12.0. The molecule has 0 amide bonds. The molecule has 0 spiro atoms. The van der Waals surface area contributed by atoms with Crippen LogP contribution in [0.25, 0.3) is 0 Å². The fourth-order valence-corrected chi connectivity index (χ4v) is 5.28. The molecule has 20 heavy (non-hydrogen) atoms. The van der Waals surface area contributed by atoms with Gasteiger partial charge in [-0.05, 0) is 54.8 Å². The summed E-state index contributed by atoms with van der Waals surface area (Å²) in [6.07, 6.45) is 8.52. The lowest BCUT2D eigenvalue weighted by atomic mass is 9.52. The molecule has 1 heterocycles. The molecule has 2 heteroatoms. The molecule has 2 bridgehead atoms. The minimum absolute atomic E-state index is 0.424. The van der Waals surface area contributed by atoms with E-state index in [1.54, 1.807) is 5.56 Å². The number of fused-ring (bicyclic) bond motifs is 1. The summed E-state index contributed by atoms with van der Waals surface area (Å²) in [7, 11) is 0. The van der Waals surface area contributed by atoms with Gasteiger partial charge in [-0.2, -0.15) is 5.26 Å². The number of nitrogens with one attached hydrogen (secondary N) is 1. The highest BCUT2D eigenvalue weighted by Crippen LogP contribution is 2.54. The largest absolute Gasteiger partial charge is 0.313 e. The molecule has 1 aromatic carbocycles. The second-order valence-corrected chi connectivity index (χ2v) is 6.80. The monoisotopic (exact) mass is 266 g/mol. The molecule has 1 aromatic rings. The summed E-state index contributed by atoms with van der Waals surface area (Å²) >= 11 is 0. The predicted molar refractivity (Wildman–Crippen MR) is 79.5 cm³/mol. The molecule has 0 unspecified atom stereocenters. The van der Waals surface area contributed by atoms with Crippen molar-refractivity contribution in [3.8, 4) is 6.07 Å². The maximum atomic E-state index is 9.09. The highest BCUT2D eigenvalue weighted by atomic mass is 15.0. The highest BCUT2D eigenvalue weighted by molar-refractivity contribution is 5.46. The standard InChI is InChI=1S/C18H22N2/c19-10-7-13-4-3-6-15-14(13)12-17-16-5-1-2-8-18(15,16)9-11-20-17/h3-4,6,16-17,20H,1-2,5,7-9,11-12H2/t16-,17+,18-/m0/s1. The van der Waals surface area contributed by atoms with Crippen molar-refractivity contribution < 1.29 is 0 Å². The molecule has 3 aliphatic rings. The van der Waals surface area contributed by atoms with E-state index < -0.39 is 0 Å². The van der Waals surface area contributed by atoms with Gasteiger partial charge in [-0.3, -0.25) is 0 Å². The van der Waals surface area contributed by atoms with Gasteiger partial charge in [0.2, 0.25) is 0 Å². The smallest absolute Gasteiger partial charge is 0.0669 e. The van der Waals surface area contributed by atoms with Crippen molar-refractivity contribution in [3.63, 3.8) is 0 Å². The molecule has 3 atom stereocenters. The van der Waals surface area contributed by atoms with E-state index in [9.17, 15) is 0 Å². The van der Waals surface area contributed by atoms with Gasteiger partial charge in [0, 0.05) is 11.5 Å². The zero-order valence-corrected chi connectivity index (χ0v) is 12.0. The normalized spacial score (nSPS) is 34.8. The average molecular weight is 266 g/mol. The van der Waals surface area contributed by atoms with E-state index in [2.05, 4.69) is 29.6 Å². The molecule has 1 saturated heterocycles. The van der Waals surface area contributed by atoms with Crippen molar-refractivity contribution in [2.24, 2.45) is 5.92 Å². The third-order valence-corrected chi connectivity index (χ3v) is 6.06. The molecule has 0 radical (unpaired) electrons. The van der Waals surface area contributed by atoms with E-state index in [1.807, 2.05) is 0 Å². The fraction of sp³-hybridized carbons (Fsp3) is 0.611. The first kappa shape index (κ1) is 12.4. The molecule has 1 N–H and O–H groups in total. The van der Waals surface area contributed by atoms with Crippen molar-refractivity contribution in [1.82, 2.24) is 5.32 Å². The van der Waals surface area contributed by atoms with Crippen LogP contribution >= 0.6 is 0 Å². The molecule has 0 aromatic heterocycles. The SMILES string of the molecule is N#CCc1cccc2c1C[C@H]1NCC[C@@]23CCCC[C@@H]13. The first-order valence-electron chi connectivity index (χ1n) is 8.07. The van der Waals surface area contributed by atoms with Crippen LogP contribution in [0.15, 0.2) is 18.2 Å². The van der Waals surface area contributed by atoms with Gasteiger partial charge in [-0.1, -0.05) is 31.0 Å². The van der Waals surface area contributed by atoms with Crippen LogP contribution in [0.3, 0.4) is 0 Å². The third-order valence-electron chi connectivity index (χ3n) is 6.06. The van der Waals surface area contributed by atoms with Gasteiger partial charge in [-0.15, -0.1) is 0 Å². The molecule has 2 aliphatic carbocycles. The summed E-state index contributed by atoms with van der Waals surface area (Å²) < 4.78 is 0. The zero-order chi connectivity index (χ0) is 13.6. The lowest BCUT2D eigenvalue weighted by Gasteiger charge is -2.56. The van der Waals surface area contributed by atoms with Crippen LogP contribution in [0.5, 0.6) is 0 Å². The van der Waals surface area contributed by atoms with Gasteiger partial charge < -0.3 is 5.32 Å². The van der Waals surface area contributed by atoms with Crippen LogP contribution in [-0.2, 0) is 18.3 Å². The Morgan fingerprint density at radius 2 is 2.25 bits per heavy atom. The Balaban J connectivity index is 1.89. The van der Waals surface area contributed by atoms with Gasteiger partial charge >= 0.3 is 0 Å². The number of benzene rings is 1. The molecular weight excluding hydrogens is 244 g/mol. The predicted octanol–water partition coefficient (Wildman–Crippen LogP) is 3.10. The molecule has 1 aliphatic heterocycles. The molecule has 2 fully saturated rings. The quantitative estimate of drug-likeness (QED) is 0.848. The number of piperidine rings is 1. The van der Waals surface area contributed by atoms with E-state index in [4.69, 9.17) is 5.26 Å². The summed E-state index contributed by atoms with van der Waals surface area (Å²) in [6.45, 7) is 1.17. The van der Waals surface area contributed by atoms with Crippen molar-refractivity contribution in [2.45, 2.75) is 56.4 Å². The van der Waals surface area contributed by atoms with E-state index in [-0.39, 0.29) is 0 Å². The highest BCUT2D eigenvalue weighted by Gasteiger charge is 2.51. The first-order chi connectivity index (χ1) is 9.85. The van der Waals surface area contributed by atoms with Crippen LogP contribution in [-0.4, -0.2) is 12.6 Å². The van der Waals surface area contributed by atoms with Crippen LogP contribution < -0.4 is 5.32 Å². The maximum absolute atomic E-state index is 9.09. The second-order valence-electron chi connectivity index (χ2n) is 6.80. The number of nitrogens with zero attached hydrogens (tertiary/aromatic N) is 1. The summed E-state index contributed by atoms with van der Waals surface area (Å²) in [4.78, 5) is 0. The van der Waals surface area contributed by atoms with Crippen molar-refractivity contribution in [1.29, 1.82) is 5.26 Å². The van der Waals surface area contributed by atoms with Crippen molar-refractivity contribution in [3.05, 3.63) is 34.9 Å². The maximum Gasteiger partial charge on any atom is 0.0669 e. The summed E-state index contributed by atoms with van der Waals surface area (Å²) in [5.41, 5.74) is 4.81. The lowest BCUT2D eigenvalue weighted by Crippen LogP contribution is -2.59. The lowest BCUT2D eigenvalue weighted by molar-refractivity contribution is 0.0795. The van der Waals surface area contributed by atoms with Gasteiger partial charge in [0.1, 0.15) is 0 Å². The Morgan fingerprint density at radius 3 is 3.15 bits per heavy atom. The third kappa shape index (κ3) is 1.59. The molecule has 104 valence electrons. The van der Waals surface area contributed by atoms with Gasteiger partial charge in [-0.25, -0.2) is 0 Å². The average Bonchev–Trinajstić information content (AvgIpc) is 2.48. The Bertz CT molecular complexity index is 567. The van der Waals surface area contributed by atoms with E-state index in [1.165, 1.54) is 49.8 Å². The summed E-state index contributed by atoms with van der Waals surface area (Å²) in [6, 6.07) is 9.72. The number of nitriles is 1. The minimum atomic E-state index is 0.424. The first-order valence-corrected chi connectivity index (χ1v) is 8.07. The summed E-state index contributed by atoms with van der Waals surface area (Å²) in [5, 5.41) is 12.9. The topological polar surface area (TPSA) is 35.8 Å². The second kappa shape index (κ2) is 4.60. The Morgan fingerprint density at radius 1 is 1.30 bits per heavy atom. The van der Waals surface area contributed by atoms with Gasteiger partial charge in [0.05, 0.1) is 12.5 Å². The Kier molecular flexibility index (Phi) is 2.86. The summed E-state index contributed by atoms with van der Waals surface area (Å²) in [5.74, 6) is 0.829. The molecule has 2 nitrogen and oxygen atoms in total. The van der Waals surface area contributed by atoms with Gasteiger partial charge in [0.15, 0.2) is 0 Å². The number of rotatable bonds is 1. The minimum Gasteiger partial charge on any atom is -0.313 e. The van der Waals surface area contributed by atoms with Crippen LogP contribution in [0.2, 0.25) is 0 Å². The van der Waals surface area contributed by atoms with Crippen molar-refractivity contribution in [2.75, 3.05) is 6.54 Å². The van der Waals surface area contributed by atoms with E-state index in [0.29, 0.717) is 17.9 Å². The van der Waals surface area contributed by atoms with Gasteiger partial charge in [0.25, 0.3) is 0 Å². The number of hydrogen-bond acceptors (Lipinski definition) is 2. The van der Waals surface area contributed by atoms with Crippen LogP contribution in [0.1, 0.15) is 48.8 Å². The van der Waals surface area contributed by atoms with E-state index >= 15 is 0 Å². The Hall–Kier alpha value is -1.33. The van der Waals surface area contributed by atoms with E-state index in [0.717, 1.165) is 12.3 Å².